The van der Waals surface area contributed by atoms with Crippen LogP contribution in [-0.4, -0.2) is 74.8 Å². The topological polar surface area (TPSA) is 157 Å². The Kier molecular flexibility index (Phi) is 52.8. The molecule has 5 heterocycles. The van der Waals surface area contributed by atoms with Crippen LogP contribution >= 0.6 is 0 Å². The molecule has 0 saturated heterocycles. The number of nitrogens with zero attached hydrogens (tertiary/aromatic N) is 5. The SMILES string of the molecule is CCCCCCCCOc1c[c-]c(-c2cc(C)ccn2)c(OCCCCCCCC)c1.CCOc1c[c-]c(-c2cc(C)ccn2)c(OCC)c1.Cc1ccnc(-c2[c-]cc(OC(C)(C)C)cc2OC(C)(C)C)c1.Cc1ccnc(-c2[c-]cc(OC(C)C)cc2OC(C)C)c1.Cc1ccnc(-c2[c-]cc(Oc3ccccc3)cc2Oc2ccccc2)c1.[Os+].[Os+].[Os+].[Os+].[Os+]. The normalized spacial score (nSPS) is 10.5. The molecule has 0 bridgehead atoms. The minimum Gasteiger partial charge on any atom is -0.537 e. The summed E-state index contributed by atoms with van der Waals surface area (Å²) >= 11 is 0. The van der Waals surface area contributed by atoms with Gasteiger partial charge in [0.05, 0.1) is 49.8 Å². The van der Waals surface area contributed by atoms with Crippen LogP contribution < -0.4 is 47.4 Å². The zero-order valence-corrected chi connectivity index (χ0v) is 89.5. The van der Waals surface area contributed by atoms with Gasteiger partial charge in [-0.2, -0.15) is 0 Å². The van der Waals surface area contributed by atoms with E-state index < -0.39 is 0 Å². The zero-order chi connectivity index (χ0) is 86.9. The molecule has 12 rings (SSSR count). The molecule has 126 heavy (non-hydrogen) atoms. The van der Waals surface area contributed by atoms with Gasteiger partial charge in [0, 0.05) is 88.5 Å². The van der Waals surface area contributed by atoms with Crippen LogP contribution in [0.15, 0.2) is 213 Å². The maximum Gasteiger partial charge on any atom is 1.00 e. The summed E-state index contributed by atoms with van der Waals surface area (Å²) in [7, 11) is 0. The molecule has 0 N–H and O–H groups in total. The Labute approximate surface area is 818 Å². The second-order valence-corrected chi connectivity index (χ2v) is 32.2. The summed E-state index contributed by atoms with van der Waals surface area (Å²) in [6.07, 6.45) is 24.3. The van der Waals surface area contributed by atoms with E-state index in [0.29, 0.717) is 24.7 Å². The van der Waals surface area contributed by atoms with E-state index >= 15 is 0 Å². The molecular weight excluding hydrogens is 2450 g/mol. The van der Waals surface area contributed by atoms with Crippen molar-refractivity contribution in [3.8, 4) is 125 Å². The average Bonchev–Trinajstić information content (AvgIpc) is 0.827. The number of unbranched alkanes of at least 4 members (excludes halogenated alkanes) is 10. The molecule has 5 radical (unpaired) electrons. The fraction of sp³-hybridized carbons (Fsp3) is 0.368. The van der Waals surface area contributed by atoms with Crippen molar-refractivity contribution >= 4 is 0 Å². The smallest absolute Gasteiger partial charge is 0.537 e. The van der Waals surface area contributed by atoms with Gasteiger partial charge >= 0.3 is 99.0 Å². The summed E-state index contributed by atoms with van der Waals surface area (Å²) in [6.45, 7) is 41.5. The largest absolute Gasteiger partial charge is 1.00 e. The van der Waals surface area contributed by atoms with Crippen molar-refractivity contribution in [1.29, 1.82) is 0 Å². The summed E-state index contributed by atoms with van der Waals surface area (Å²) in [5.41, 5.74) is 13.8. The van der Waals surface area contributed by atoms with Gasteiger partial charge in [-0.05, 0) is 214 Å². The number of aryl methyl sites for hydroxylation is 5. The molecule has 0 atom stereocenters. The summed E-state index contributed by atoms with van der Waals surface area (Å²) in [5.74, 6) is 8.98. The van der Waals surface area contributed by atoms with Crippen LogP contribution in [-0.2, 0) is 99.0 Å². The third kappa shape index (κ3) is 40.8. The molecule has 0 aliphatic rings. The van der Waals surface area contributed by atoms with Gasteiger partial charge in [-0.3, -0.25) is 0 Å². The molecule has 20 heteroatoms. The summed E-state index contributed by atoms with van der Waals surface area (Å²) in [4.78, 5) is 22.3. The maximum absolute atomic E-state index is 6.20. The fourth-order valence-electron chi connectivity index (χ4n) is 12.4. The van der Waals surface area contributed by atoms with E-state index in [-0.39, 0.29) is 122 Å². The monoisotopic (exact) mass is 2590 g/mol. The summed E-state index contributed by atoms with van der Waals surface area (Å²) in [6, 6.07) is 74.6. The van der Waals surface area contributed by atoms with Gasteiger partial charge in [0.15, 0.2) is 0 Å². The molecule has 675 valence electrons. The van der Waals surface area contributed by atoms with Crippen molar-refractivity contribution in [2.45, 2.75) is 232 Å². The Morgan fingerprint density at radius 2 is 0.603 bits per heavy atom. The Balaban J connectivity index is 0.000000406. The number of ether oxygens (including phenoxy) is 10. The number of benzene rings is 7. The summed E-state index contributed by atoms with van der Waals surface area (Å²) in [5, 5.41) is 0. The molecule has 15 nitrogen and oxygen atoms in total. The molecule has 0 saturated carbocycles. The standard InChI is InChI=1S/C28H42NO2.C24H18NO2.C20H26NO2.C18H22NO2.C16H18NO2.5Os/c1-4-6-8-10-12-14-20-30-25-16-17-26(27-22-24(3)18-19-29-27)28(23-25)31-21-15-13-11-9-7-5-2;1-18-14-15-25-23(16-18)22-13-12-21(26-19-8-4-2-5-9-19)17-24(22)27-20-10-6-3-7-11-20;1-14-10-11-21-17(12-14)16-9-8-15(22-19(2,3)4)13-18(16)23-20(5,6)7;1-12(2)20-15-6-7-16(18(11-15)21-13(3)4)17-10-14(5)8-9-19-17;1-4-18-13-6-7-14(16(11-13)19-5-2)15-10-12(3)8-9-17-15;;;;;/h16,18-19,22-23H,4-15,20-21H2,1-3H3;2-12,14-17H,1H3;8,10-13H,1-7H3;6,8-13H,1-5H3;6,8-11H,4-5H2,1-3H3;;;;;/q5*-1;5*+1. The minimum atomic E-state index is -0.313. The van der Waals surface area contributed by atoms with Gasteiger partial charge in [-0.25, -0.2) is 0 Å². The Morgan fingerprint density at radius 1 is 0.286 bits per heavy atom. The molecule has 0 aliphatic carbocycles. The Bertz CT molecular complexity index is 5070. The van der Waals surface area contributed by atoms with Crippen LogP contribution in [0.2, 0.25) is 0 Å². The maximum atomic E-state index is 6.20. The average molecular weight is 2580 g/mol. The van der Waals surface area contributed by atoms with E-state index in [1.54, 1.807) is 24.8 Å². The van der Waals surface area contributed by atoms with Gasteiger partial charge in [0.1, 0.15) is 11.5 Å². The van der Waals surface area contributed by atoms with E-state index in [1.165, 1.54) is 69.8 Å². The number of hydrogen-bond acceptors (Lipinski definition) is 15. The second-order valence-electron chi connectivity index (χ2n) is 32.2. The zero-order valence-electron chi connectivity index (χ0n) is 76.8. The summed E-state index contributed by atoms with van der Waals surface area (Å²) < 4.78 is 59.1. The molecule has 12 aromatic rings. The van der Waals surface area contributed by atoms with Crippen LogP contribution in [0.4, 0.5) is 0 Å². The van der Waals surface area contributed by atoms with Crippen molar-refractivity contribution in [2.75, 3.05) is 26.4 Å². The van der Waals surface area contributed by atoms with Crippen molar-refractivity contribution in [1.82, 2.24) is 24.9 Å². The molecule has 0 unspecified atom stereocenters. The van der Waals surface area contributed by atoms with Crippen LogP contribution in [0.25, 0.3) is 56.3 Å². The van der Waals surface area contributed by atoms with Crippen molar-refractivity contribution in [3.05, 3.63) is 271 Å². The molecule has 7 aromatic carbocycles. The van der Waals surface area contributed by atoms with Gasteiger partial charge in [0.2, 0.25) is 0 Å². The van der Waals surface area contributed by atoms with E-state index in [0.717, 1.165) is 162 Å². The molecular formula is C106H126N5O10Os5. The third-order valence-corrected chi connectivity index (χ3v) is 17.9. The minimum absolute atomic E-state index is 0. The van der Waals surface area contributed by atoms with Crippen LogP contribution in [0.5, 0.6) is 69.0 Å². The van der Waals surface area contributed by atoms with Crippen LogP contribution in [0.3, 0.4) is 0 Å². The molecule has 0 spiro atoms. The van der Waals surface area contributed by atoms with Gasteiger partial charge < -0.3 is 72.3 Å². The first-order valence-electron chi connectivity index (χ1n) is 42.9. The first-order valence-corrected chi connectivity index (χ1v) is 42.9. The van der Waals surface area contributed by atoms with Crippen molar-refractivity contribution in [2.24, 2.45) is 0 Å². The number of rotatable bonds is 35. The number of aromatic nitrogens is 5. The quantitative estimate of drug-likeness (QED) is 0.0273. The predicted octanol–water partition coefficient (Wildman–Crippen LogP) is 28.1. The molecule has 0 fully saturated rings. The van der Waals surface area contributed by atoms with Gasteiger partial charge in [-0.1, -0.05) is 231 Å². The third-order valence-electron chi connectivity index (χ3n) is 17.9. The van der Waals surface area contributed by atoms with Gasteiger partial charge in [0.25, 0.3) is 0 Å². The van der Waals surface area contributed by atoms with Gasteiger partial charge in [-0.15, -0.1) is 60.7 Å². The van der Waals surface area contributed by atoms with E-state index in [1.807, 2.05) is 293 Å². The first-order chi connectivity index (χ1) is 58.2. The number of para-hydroxylation sites is 2. The predicted molar refractivity (Wildman–Crippen MR) is 492 cm³/mol. The molecule has 0 amide bonds. The van der Waals surface area contributed by atoms with E-state index in [4.69, 9.17) is 47.4 Å². The van der Waals surface area contributed by atoms with Crippen molar-refractivity contribution < 1.29 is 146 Å². The molecule has 0 aliphatic heterocycles. The first kappa shape index (κ1) is 112. The number of pyridine rings is 5. The van der Waals surface area contributed by atoms with Crippen LogP contribution in [0, 0.1) is 65.0 Å². The molecule has 5 aromatic heterocycles. The Morgan fingerprint density at radius 3 is 1.00 bits per heavy atom. The van der Waals surface area contributed by atoms with E-state index in [9.17, 15) is 0 Å². The van der Waals surface area contributed by atoms with E-state index in [2.05, 4.69) is 82.1 Å². The fourth-order valence-corrected chi connectivity index (χ4v) is 12.4. The van der Waals surface area contributed by atoms with Crippen molar-refractivity contribution in [3.63, 3.8) is 0 Å². The number of hydrogen-bond donors (Lipinski definition) is 0. The Hall–Kier alpha value is -8.53. The van der Waals surface area contributed by atoms with Crippen LogP contribution in [0.1, 0.15) is 202 Å². The second kappa shape index (κ2) is 59.6.